The van der Waals surface area contributed by atoms with Crippen LogP contribution >= 0.6 is 27.5 Å². The molecule has 2 aromatic rings. The van der Waals surface area contributed by atoms with Crippen molar-refractivity contribution in [2.75, 3.05) is 18.2 Å². The second-order valence-electron chi connectivity index (χ2n) is 3.92. The molecule has 3 N–H and O–H groups in total. The fraction of sp³-hybridized carbons (Fsp3) is 0.0769. The van der Waals surface area contributed by atoms with Crippen molar-refractivity contribution in [1.29, 1.82) is 0 Å². The van der Waals surface area contributed by atoms with Crippen LogP contribution in [0.1, 0.15) is 10.4 Å². The summed E-state index contributed by atoms with van der Waals surface area (Å²) in [5.74, 6) is 0.477. The number of benzene rings is 1. The molecule has 0 radical (unpaired) electrons. The Bertz CT molecular complexity index is 664. The number of hydrogen-bond acceptors (Lipinski definition) is 4. The number of carbonyl (C=O) groups is 1. The number of rotatable bonds is 3. The van der Waals surface area contributed by atoms with E-state index in [0.29, 0.717) is 11.4 Å². The summed E-state index contributed by atoms with van der Waals surface area (Å²) in [5, 5.41) is 2.96. The zero-order valence-electron chi connectivity index (χ0n) is 10.5. The van der Waals surface area contributed by atoms with Crippen LogP contribution in [0.4, 0.5) is 11.5 Å². The van der Waals surface area contributed by atoms with Gasteiger partial charge in [-0.25, -0.2) is 4.98 Å². The van der Waals surface area contributed by atoms with Gasteiger partial charge in [0, 0.05) is 22.4 Å². The number of hydrogen-bond donors (Lipinski definition) is 2. The van der Waals surface area contributed by atoms with E-state index in [1.165, 1.54) is 12.3 Å². The Kier molecular flexibility index (Phi) is 4.46. The van der Waals surface area contributed by atoms with Gasteiger partial charge in [0.1, 0.15) is 11.6 Å². The normalized spacial score (nSPS) is 10.2. The summed E-state index contributed by atoms with van der Waals surface area (Å²) in [7, 11) is 1.55. The van der Waals surface area contributed by atoms with Crippen LogP contribution < -0.4 is 15.8 Å². The van der Waals surface area contributed by atoms with Crippen molar-refractivity contribution in [3.63, 3.8) is 0 Å². The predicted octanol–water partition coefficient (Wildman–Crippen LogP) is 3.34. The fourth-order valence-corrected chi connectivity index (χ4v) is 2.24. The number of pyridine rings is 1. The van der Waals surface area contributed by atoms with Crippen LogP contribution in [-0.2, 0) is 0 Å². The lowest BCUT2D eigenvalue weighted by molar-refractivity contribution is 0.102. The van der Waals surface area contributed by atoms with Crippen LogP contribution in [0.5, 0.6) is 5.75 Å². The van der Waals surface area contributed by atoms with Crippen molar-refractivity contribution in [1.82, 2.24) is 4.98 Å². The maximum absolute atomic E-state index is 12.2. The minimum absolute atomic E-state index is 0.228. The van der Waals surface area contributed by atoms with Gasteiger partial charge in [0.25, 0.3) is 5.91 Å². The number of nitrogen functional groups attached to an aromatic ring is 1. The topological polar surface area (TPSA) is 77.2 Å². The van der Waals surface area contributed by atoms with Gasteiger partial charge < -0.3 is 15.8 Å². The molecule has 0 bridgehead atoms. The highest BCUT2D eigenvalue weighted by Gasteiger charge is 2.12. The van der Waals surface area contributed by atoms with E-state index < -0.39 is 0 Å². The summed E-state index contributed by atoms with van der Waals surface area (Å²) in [5.41, 5.74) is 6.39. The average Bonchev–Trinajstić information content (AvgIpc) is 2.40. The molecule has 0 aliphatic carbocycles. The molecule has 20 heavy (non-hydrogen) atoms. The van der Waals surface area contributed by atoms with Gasteiger partial charge in [-0.1, -0.05) is 27.5 Å². The fourth-order valence-electron chi connectivity index (χ4n) is 1.58. The molecule has 1 heterocycles. The summed E-state index contributed by atoms with van der Waals surface area (Å²) in [4.78, 5) is 16.0. The molecule has 104 valence electrons. The molecule has 0 aliphatic heterocycles. The molecule has 0 fully saturated rings. The van der Waals surface area contributed by atoms with Crippen molar-refractivity contribution < 1.29 is 9.53 Å². The van der Waals surface area contributed by atoms with E-state index >= 15 is 0 Å². The molecular weight excluding hydrogens is 346 g/mol. The first-order chi connectivity index (χ1) is 9.49. The third-order valence-electron chi connectivity index (χ3n) is 2.49. The number of methoxy groups -OCH3 is 1. The molecule has 0 unspecified atom stereocenters. The Labute approximate surface area is 129 Å². The Hall–Kier alpha value is -1.79. The number of nitrogens with one attached hydrogen (secondary N) is 1. The van der Waals surface area contributed by atoms with Crippen molar-refractivity contribution in [3.8, 4) is 5.75 Å². The first kappa shape index (κ1) is 14.6. The number of ether oxygens (including phenoxy) is 1. The van der Waals surface area contributed by atoms with Crippen molar-refractivity contribution in [3.05, 3.63) is 45.5 Å². The molecule has 0 saturated carbocycles. The number of aromatic nitrogens is 1. The average molecular weight is 357 g/mol. The number of halogens is 2. The number of amides is 1. The third kappa shape index (κ3) is 3.40. The van der Waals surface area contributed by atoms with Crippen LogP contribution in [0.25, 0.3) is 0 Å². The molecule has 7 heteroatoms. The number of anilines is 2. The summed E-state index contributed by atoms with van der Waals surface area (Å²) in [6, 6.07) is 6.65. The van der Waals surface area contributed by atoms with Crippen molar-refractivity contribution in [2.24, 2.45) is 0 Å². The van der Waals surface area contributed by atoms with Crippen molar-refractivity contribution in [2.45, 2.75) is 0 Å². The smallest absolute Gasteiger partial charge is 0.257 e. The lowest BCUT2D eigenvalue weighted by Gasteiger charge is -2.09. The molecule has 0 spiro atoms. The predicted molar refractivity (Wildman–Crippen MR) is 82.3 cm³/mol. The SMILES string of the molecule is COc1cc(Br)cc(NC(=O)c2cc(N)ncc2Cl)c1. The van der Waals surface area contributed by atoms with E-state index in [9.17, 15) is 4.79 Å². The minimum Gasteiger partial charge on any atom is -0.497 e. The van der Waals surface area contributed by atoms with Gasteiger partial charge in [-0.15, -0.1) is 0 Å². The molecule has 1 amide bonds. The quantitative estimate of drug-likeness (QED) is 0.884. The van der Waals surface area contributed by atoms with Crippen LogP contribution in [0.2, 0.25) is 5.02 Å². The highest BCUT2D eigenvalue weighted by atomic mass is 79.9. The van der Waals surface area contributed by atoms with Gasteiger partial charge >= 0.3 is 0 Å². The third-order valence-corrected chi connectivity index (χ3v) is 3.25. The van der Waals surface area contributed by atoms with Crippen LogP contribution in [0.3, 0.4) is 0 Å². The van der Waals surface area contributed by atoms with E-state index in [2.05, 4.69) is 26.2 Å². The van der Waals surface area contributed by atoms with Crippen LogP contribution in [0, 0.1) is 0 Å². The molecular formula is C13H11BrClN3O2. The Balaban J connectivity index is 2.27. The van der Waals surface area contributed by atoms with E-state index in [0.717, 1.165) is 4.47 Å². The molecule has 0 aliphatic rings. The lowest BCUT2D eigenvalue weighted by atomic mass is 10.2. The summed E-state index contributed by atoms with van der Waals surface area (Å²) >= 11 is 9.27. The molecule has 5 nitrogen and oxygen atoms in total. The van der Waals surface area contributed by atoms with Gasteiger partial charge in [0.05, 0.1) is 17.7 Å². The van der Waals surface area contributed by atoms with Crippen molar-refractivity contribution >= 4 is 44.9 Å². The number of nitrogens with zero attached hydrogens (tertiary/aromatic N) is 1. The van der Waals surface area contributed by atoms with Crippen LogP contribution in [0.15, 0.2) is 34.9 Å². The first-order valence-electron chi connectivity index (χ1n) is 5.56. The zero-order valence-corrected chi connectivity index (χ0v) is 12.8. The summed E-state index contributed by atoms with van der Waals surface area (Å²) in [6.45, 7) is 0. The number of carbonyl (C=O) groups excluding carboxylic acids is 1. The summed E-state index contributed by atoms with van der Waals surface area (Å²) < 4.78 is 5.91. The van der Waals surface area contributed by atoms with E-state index in [-0.39, 0.29) is 22.3 Å². The Morgan fingerprint density at radius 1 is 1.40 bits per heavy atom. The van der Waals surface area contributed by atoms with E-state index in [4.69, 9.17) is 22.1 Å². The Morgan fingerprint density at radius 3 is 2.85 bits per heavy atom. The first-order valence-corrected chi connectivity index (χ1v) is 6.73. The zero-order chi connectivity index (χ0) is 14.7. The molecule has 0 atom stereocenters. The monoisotopic (exact) mass is 355 g/mol. The van der Waals surface area contributed by atoms with Gasteiger partial charge in [-0.3, -0.25) is 4.79 Å². The van der Waals surface area contributed by atoms with Gasteiger partial charge in [0.2, 0.25) is 0 Å². The second kappa shape index (κ2) is 6.11. The lowest BCUT2D eigenvalue weighted by Crippen LogP contribution is -2.13. The standard InChI is InChI=1S/C13H11BrClN3O2/c1-20-9-3-7(14)2-8(4-9)18-13(19)10-5-12(16)17-6-11(10)15/h2-6H,1H3,(H2,16,17)(H,18,19). The largest absolute Gasteiger partial charge is 0.497 e. The highest BCUT2D eigenvalue weighted by Crippen LogP contribution is 2.25. The van der Waals surface area contributed by atoms with Gasteiger partial charge in [0.15, 0.2) is 0 Å². The minimum atomic E-state index is -0.371. The molecule has 2 rings (SSSR count). The Morgan fingerprint density at radius 2 is 2.15 bits per heavy atom. The van der Waals surface area contributed by atoms with Gasteiger partial charge in [-0.2, -0.15) is 0 Å². The maximum Gasteiger partial charge on any atom is 0.257 e. The van der Waals surface area contributed by atoms with E-state index in [1.54, 1.807) is 25.3 Å². The van der Waals surface area contributed by atoms with E-state index in [1.807, 2.05) is 0 Å². The number of nitrogens with two attached hydrogens (primary N) is 1. The highest BCUT2D eigenvalue weighted by molar-refractivity contribution is 9.10. The van der Waals surface area contributed by atoms with Crippen LogP contribution in [-0.4, -0.2) is 18.0 Å². The molecule has 1 aromatic heterocycles. The van der Waals surface area contributed by atoms with Gasteiger partial charge in [-0.05, 0) is 18.2 Å². The maximum atomic E-state index is 12.2. The summed E-state index contributed by atoms with van der Waals surface area (Å²) in [6.07, 6.45) is 1.34. The molecule has 1 aromatic carbocycles. The second-order valence-corrected chi connectivity index (χ2v) is 5.25. The molecule has 0 saturated heterocycles.